The Kier molecular flexibility index (Phi) is 8.63. The van der Waals surface area contributed by atoms with Gasteiger partial charge in [-0.15, -0.1) is 0 Å². The molecule has 0 saturated carbocycles. The van der Waals surface area contributed by atoms with Crippen molar-refractivity contribution >= 4 is 29.5 Å². The van der Waals surface area contributed by atoms with E-state index in [-0.39, 0.29) is 5.91 Å². The maximum absolute atomic E-state index is 12.0. The lowest BCUT2D eigenvalue weighted by atomic mass is 10.2. The summed E-state index contributed by atoms with van der Waals surface area (Å²) in [5.41, 5.74) is 1.72. The number of carbonyl (C=O) groups excluding carboxylic acids is 3. The lowest BCUT2D eigenvalue weighted by Gasteiger charge is -2.11. The van der Waals surface area contributed by atoms with Gasteiger partial charge in [-0.1, -0.05) is 6.07 Å². The molecule has 8 heteroatoms. The van der Waals surface area contributed by atoms with Crippen molar-refractivity contribution in [3.05, 3.63) is 59.7 Å². The molecule has 164 valence electrons. The quantitative estimate of drug-likeness (QED) is 0.489. The van der Waals surface area contributed by atoms with Crippen LogP contribution < -0.4 is 14.8 Å². The molecule has 0 bridgehead atoms. The second kappa shape index (κ2) is 11.4. The Morgan fingerprint density at radius 1 is 1.03 bits per heavy atom. The van der Waals surface area contributed by atoms with Gasteiger partial charge < -0.3 is 24.4 Å². The molecule has 0 spiro atoms. The Morgan fingerprint density at radius 2 is 1.74 bits per heavy atom. The van der Waals surface area contributed by atoms with Crippen LogP contribution in [0.25, 0.3) is 6.08 Å². The first-order chi connectivity index (χ1) is 14.8. The first-order valence-corrected chi connectivity index (χ1v) is 9.61. The molecule has 31 heavy (non-hydrogen) atoms. The maximum Gasteiger partial charge on any atom is 0.331 e. The molecule has 0 aromatic heterocycles. The first kappa shape index (κ1) is 23.5. The Labute approximate surface area is 181 Å². The number of benzene rings is 2. The zero-order chi connectivity index (χ0) is 22.8. The predicted molar refractivity (Wildman–Crippen MR) is 117 cm³/mol. The van der Waals surface area contributed by atoms with Crippen LogP contribution in [0.4, 0.5) is 5.69 Å². The third-order valence-electron chi connectivity index (χ3n) is 4.07. The highest BCUT2D eigenvalue weighted by Crippen LogP contribution is 2.28. The summed E-state index contributed by atoms with van der Waals surface area (Å²) in [6, 6.07) is 11.7. The highest BCUT2D eigenvalue weighted by molar-refractivity contribution is 5.96. The summed E-state index contributed by atoms with van der Waals surface area (Å²) in [6.07, 6.45) is 2.78. The molecule has 0 aliphatic rings. The van der Waals surface area contributed by atoms with Gasteiger partial charge in [-0.25, -0.2) is 4.79 Å². The predicted octanol–water partition coefficient (Wildman–Crippen LogP) is 2.99. The van der Waals surface area contributed by atoms with Gasteiger partial charge in [0, 0.05) is 31.4 Å². The van der Waals surface area contributed by atoms with E-state index in [0.717, 1.165) is 0 Å². The van der Waals surface area contributed by atoms with Crippen LogP contribution in [0.15, 0.2) is 48.5 Å². The molecule has 0 saturated heterocycles. The number of hydrogen-bond acceptors (Lipinski definition) is 6. The molecule has 2 rings (SSSR count). The number of rotatable bonds is 9. The number of amides is 2. The van der Waals surface area contributed by atoms with Gasteiger partial charge in [-0.05, 0) is 55.0 Å². The van der Waals surface area contributed by atoms with Crippen LogP contribution in [0.2, 0.25) is 0 Å². The Bertz CT molecular complexity index is 951. The minimum Gasteiger partial charge on any atom is -0.493 e. The molecule has 2 aromatic carbocycles. The average molecular weight is 426 g/mol. The van der Waals surface area contributed by atoms with Gasteiger partial charge in [0.2, 0.25) is 0 Å². The van der Waals surface area contributed by atoms with E-state index < -0.39 is 18.5 Å². The number of methoxy groups -OCH3 is 1. The number of hydrogen-bond donors (Lipinski definition) is 1. The molecular weight excluding hydrogens is 400 g/mol. The minimum atomic E-state index is -0.657. The lowest BCUT2D eigenvalue weighted by Crippen LogP contribution is -2.22. The normalized spacial score (nSPS) is 10.5. The molecule has 8 nitrogen and oxygen atoms in total. The van der Waals surface area contributed by atoms with Crippen molar-refractivity contribution in [2.75, 3.05) is 39.7 Å². The Balaban J connectivity index is 1.85. The minimum absolute atomic E-state index is 0.135. The molecule has 0 atom stereocenters. The second-order valence-corrected chi connectivity index (χ2v) is 6.61. The van der Waals surface area contributed by atoms with Crippen LogP contribution in [0.1, 0.15) is 22.8 Å². The van der Waals surface area contributed by atoms with Gasteiger partial charge in [-0.3, -0.25) is 9.59 Å². The number of ether oxygens (including phenoxy) is 3. The van der Waals surface area contributed by atoms with Crippen molar-refractivity contribution in [2.45, 2.75) is 6.92 Å². The van der Waals surface area contributed by atoms with Gasteiger partial charge in [-0.2, -0.15) is 0 Å². The topological polar surface area (TPSA) is 94.2 Å². The highest BCUT2D eigenvalue weighted by atomic mass is 16.5. The molecule has 0 aliphatic carbocycles. The van der Waals surface area contributed by atoms with Crippen LogP contribution in [0.5, 0.6) is 11.5 Å². The van der Waals surface area contributed by atoms with Crippen molar-refractivity contribution < 1.29 is 28.6 Å². The molecule has 0 aliphatic heterocycles. The summed E-state index contributed by atoms with van der Waals surface area (Å²) in [4.78, 5) is 37.2. The van der Waals surface area contributed by atoms with Crippen molar-refractivity contribution in [2.24, 2.45) is 0 Å². The number of nitrogens with zero attached hydrogens (tertiary/aromatic N) is 1. The van der Waals surface area contributed by atoms with Crippen LogP contribution in [0.3, 0.4) is 0 Å². The molecule has 2 amide bonds. The van der Waals surface area contributed by atoms with Crippen molar-refractivity contribution in [3.8, 4) is 11.5 Å². The van der Waals surface area contributed by atoms with E-state index >= 15 is 0 Å². The van der Waals surface area contributed by atoms with E-state index in [0.29, 0.717) is 34.9 Å². The molecular formula is C23H26N2O6. The largest absolute Gasteiger partial charge is 0.493 e. The van der Waals surface area contributed by atoms with Crippen molar-refractivity contribution in [1.29, 1.82) is 0 Å². The maximum atomic E-state index is 12.0. The summed E-state index contributed by atoms with van der Waals surface area (Å²) in [7, 11) is 4.85. The van der Waals surface area contributed by atoms with Crippen LogP contribution in [-0.4, -0.2) is 57.1 Å². The van der Waals surface area contributed by atoms with Gasteiger partial charge in [0.05, 0.1) is 13.7 Å². The zero-order valence-corrected chi connectivity index (χ0v) is 18.0. The number of nitrogens with one attached hydrogen (secondary N) is 1. The fourth-order valence-electron chi connectivity index (χ4n) is 2.56. The average Bonchev–Trinajstić information content (AvgIpc) is 2.77. The van der Waals surface area contributed by atoms with Crippen LogP contribution >= 0.6 is 0 Å². The van der Waals surface area contributed by atoms with E-state index in [1.807, 2.05) is 6.92 Å². The molecule has 0 fully saturated rings. The van der Waals surface area contributed by atoms with E-state index in [1.165, 1.54) is 18.1 Å². The van der Waals surface area contributed by atoms with Crippen LogP contribution in [-0.2, 0) is 14.3 Å². The smallest absolute Gasteiger partial charge is 0.331 e. The summed E-state index contributed by atoms with van der Waals surface area (Å²) >= 11 is 0. The van der Waals surface area contributed by atoms with Gasteiger partial charge in [0.1, 0.15) is 0 Å². The Hall–Kier alpha value is -3.81. The SMILES string of the molecule is CCOc1ccc(/C=C/C(=O)OCC(=O)Nc2ccc(C(=O)N(C)C)cc2)cc1OC. The highest BCUT2D eigenvalue weighted by Gasteiger charge is 2.10. The molecule has 1 N–H and O–H groups in total. The molecule has 2 aromatic rings. The van der Waals surface area contributed by atoms with E-state index in [2.05, 4.69) is 5.32 Å². The summed E-state index contributed by atoms with van der Waals surface area (Å²) in [6.45, 7) is 1.95. The third-order valence-corrected chi connectivity index (χ3v) is 4.07. The van der Waals surface area contributed by atoms with Crippen molar-refractivity contribution in [1.82, 2.24) is 4.90 Å². The van der Waals surface area contributed by atoms with Gasteiger partial charge >= 0.3 is 5.97 Å². The lowest BCUT2D eigenvalue weighted by molar-refractivity contribution is -0.142. The standard InChI is InChI=1S/C23H26N2O6/c1-5-30-19-12-6-16(14-20(19)29-4)7-13-22(27)31-15-21(26)24-18-10-8-17(9-11-18)23(28)25(2)3/h6-14H,5,15H2,1-4H3,(H,24,26)/b13-7+. The monoisotopic (exact) mass is 426 g/mol. The molecule has 0 heterocycles. The first-order valence-electron chi connectivity index (χ1n) is 9.61. The zero-order valence-electron chi connectivity index (χ0n) is 18.0. The fourth-order valence-corrected chi connectivity index (χ4v) is 2.56. The van der Waals surface area contributed by atoms with E-state index in [4.69, 9.17) is 14.2 Å². The van der Waals surface area contributed by atoms with Crippen molar-refractivity contribution in [3.63, 3.8) is 0 Å². The summed E-state index contributed by atoms with van der Waals surface area (Å²) in [5.74, 6) is -0.120. The van der Waals surface area contributed by atoms with E-state index in [1.54, 1.807) is 62.6 Å². The second-order valence-electron chi connectivity index (χ2n) is 6.61. The number of carbonyl (C=O) groups is 3. The third kappa shape index (κ3) is 7.18. The summed E-state index contributed by atoms with van der Waals surface area (Å²) < 4.78 is 15.7. The molecule has 0 unspecified atom stereocenters. The molecule has 0 radical (unpaired) electrons. The Morgan fingerprint density at radius 3 is 2.35 bits per heavy atom. The fraction of sp³-hybridized carbons (Fsp3) is 0.261. The number of esters is 1. The van der Waals surface area contributed by atoms with Gasteiger partial charge in [0.25, 0.3) is 11.8 Å². The summed E-state index contributed by atoms with van der Waals surface area (Å²) in [5, 5.41) is 2.60. The van der Waals surface area contributed by atoms with Gasteiger partial charge in [0.15, 0.2) is 18.1 Å². The van der Waals surface area contributed by atoms with Crippen LogP contribution in [0, 0.1) is 0 Å². The number of anilines is 1. The van der Waals surface area contributed by atoms with E-state index in [9.17, 15) is 14.4 Å².